The number of hydrogen-bond acceptors (Lipinski definition) is 1. The van der Waals surface area contributed by atoms with Crippen molar-refractivity contribution in [2.45, 2.75) is 0 Å². The molecule has 0 saturated heterocycles. The van der Waals surface area contributed by atoms with Crippen LogP contribution in [0.1, 0.15) is 0 Å². The second-order valence-electron chi connectivity index (χ2n) is 1.89. The molecule has 1 radical (unpaired) electrons. The summed E-state index contributed by atoms with van der Waals surface area (Å²) in [5.41, 5.74) is 0.493. The van der Waals surface area contributed by atoms with Gasteiger partial charge in [-0.25, -0.2) is 9.90 Å². The molecule has 0 spiro atoms. The first-order valence-electron chi connectivity index (χ1n) is 2.92. The van der Waals surface area contributed by atoms with Crippen LogP contribution in [-0.4, -0.2) is 6.09 Å². The lowest BCUT2D eigenvalue weighted by molar-refractivity contribution is 0.185. The van der Waals surface area contributed by atoms with Crippen molar-refractivity contribution < 1.29 is 9.90 Å². The van der Waals surface area contributed by atoms with E-state index in [1.54, 1.807) is 24.3 Å². The second kappa shape index (κ2) is 3.39. The number of hydrogen-bond donors (Lipinski definition) is 1. The zero-order valence-electron chi connectivity index (χ0n) is 5.50. The van der Waals surface area contributed by atoms with Crippen molar-refractivity contribution in [1.82, 2.24) is 0 Å². The Morgan fingerprint density at radius 2 is 2.00 bits per heavy atom. The van der Waals surface area contributed by atoms with Gasteiger partial charge in [0.05, 0.1) is 5.69 Å². The maximum atomic E-state index is 10.1. The van der Waals surface area contributed by atoms with Crippen LogP contribution in [0, 0.1) is 0 Å². The summed E-state index contributed by atoms with van der Waals surface area (Å²) in [6.07, 6.45) is -1.31. The second-order valence-corrected chi connectivity index (χ2v) is 2.75. The Morgan fingerprint density at radius 1 is 1.36 bits per heavy atom. The Balaban J connectivity index is 2.86. The molecule has 0 atom stereocenters. The van der Waals surface area contributed by atoms with Gasteiger partial charge in [0.2, 0.25) is 0 Å². The van der Waals surface area contributed by atoms with E-state index in [9.17, 15) is 9.90 Å². The van der Waals surface area contributed by atoms with E-state index in [1.807, 2.05) is 0 Å². The van der Waals surface area contributed by atoms with Crippen LogP contribution in [-0.2, 0) is 5.11 Å². The number of para-hydroxylation sites is 1. The molecular weight excluding hydrogens is 210 g/mol. The fraction of sp³-hybridized carbons (Fsp3) is 0. The third-order valence-corrected chi connectivity index (χ3v) is 1.80. The van der Waals surface area contributed by atoms with Crippen molar-refractivity contribution in [3.8, 4) is 0 Å². The van der Waals surface area contributed by atoms with E-state index in [1.165, 1.54) is 0 Å². The molecule has 0 aromatic heterocycles. The van der Waals surface area contributed by atoms with Crippen molar-refractivity contribution in [3.05, 3.63) is 28.7 Å². The first-order chi connectivity index (χ1) is 5.20. The summed E-state index contributed by atoms with van der Waals surface area (Å²) in [6.45, 7) is 0. The molecule has 4 heteroatoms. The number of carbonyl (C=O) groups excluding carboxylic acids is 1. The molecule has 0 aliphatic rings. The van der Waals surface area contributed by atoms with Gasteiger partial charge in [0.25, 0.3) is 0 Å². The molecule has 3 nitrogen and oxygen atoms in total. The molecule has 0 saturated carbocycles. The molecule has 1 rings (SSSR count). The predicted molar refractivity (Wildman–Crippen MR) is 43.8 cm³/mol. The number of rotatable bonds is 1. The van der Waals surface area contributed by atoms with Crippen molar-refractivity contribution in [2.24, 2.45) is 0 Å². The normalized spacial score (nSPS) is 9.18. The van der Waals surface area contributed by atoms with Gasteiger partial charge in [0.15, 0.2) is 0 Å². The molecule has 57 valence electrons. The Bertz CT molecular complexity index is 275. The highest BCUT2D eigenvalue weighted by Crippen LogP contribution is 2.20. The van der Waals surface area contributed by atoms with Crippen LogP contribution in [0.4, 0.5) is 10.5 Å². The Labute approximate surface area is 72.2 Å². The van der Waals surface area contributed by atoms with Gasteiger partial charge in [-0.3, -0.25) is 5.32 Å². The Morgan fingerprint density at radius 3 is 2.55 bits per heavy atom. The topological polar surface area (TPSA) is 49.0 Å². The van der Waals surface area contributed by atoms with Crippen molar-refractivity contribution >= 4 is 27.7 Å². The Hall–Kier alpha value is -1.03. The number of anilines is 1. The summed E-state index contributed by atoms with van der Waals surface area (Å²) in [6, 6.07) is 6.91. The largest absolute Gasteiger partial charge is 0.454 e. The molecule has 1 amide bonds. The summed E-state index contributed by atoms with van der Waals surface area (Å²) in [5, 5.41) is 12.2. The van der Waals surface area contributed by atoms with Gasteiger partial charge in [-0.15, -0.1) is 0 Å². The summed E-state index contributed by atoms with van der Waals surface area (Å²) >= 11 is 3.17. The molecule has 1 N–H and O–H groups in total. The predicted octanol–water partition coefficient (Wildman–Crippen LogP) is 2.41. The van der Waals surface area contributed by atoms with E-state index in [-0.39, 0.29) is 0 Å². The summed E-state index contributed by atoms with van der Waals surface area (Å²) in [4.78, 5) is 10.1. The molecule has 1 aromatic rings. The average Bonchev–Trinajstić information content (AvgIpc) is 1.93. The van der Waals surface area contributed by atoms with Gasteiger partial charge >= 0.3 is 6.09 Å². The van der Waals surface area contributed by atoms with Crippen LogP contribution in [0.3, 0.4) is 0 Å². The summed E-state index contributed by atoms with van der Waals surface area (Å²) in [5.74, 6) is 0. The van der Waals surface area contributed by atoms with Crippen LogP contribution < -0.4 is 5.32 Å². The molecule has 0 unspecified atom stereocenters. The van der Waals surface area contributed by atoms with Crippen LogP contribution in [0.15, 0.2) is 28.7 Å². The van der Waals surface area contributed by atoms with Crippen molar-refractivity contribution in [1.29, 1.82) is 0 Å². The SMILES string of the molecule is [O]C(=O)Nc1ccccc1Br. The van der Waals surface area contributed by atoms with Gasteiger partial charge in [0, 0.05) is 4.47 Å². The lowest BCUT2D eigenvalue weighted by atomic mass is 10.3. The Kier molecular flexibility index (Phi) is 2.48. The van der Waals surface area contributed by atoms with Gasteiger partial charge in [0.1, 0.15) is 0 Å². The van der Waals surface area contributed by atoms with Crippen molar-refractivity contribution in [2.75, 3.05) is 5.32 Å². The molecule has 0 aliphatic carbocycles. The van der Waals surface area contributed by atoms with Crippen LogP contribution in [0.2, 0.25) is 0 Å². The fourth-order valence-corrected chi connectivity index (χ4v) is 1.06. The number of carbonyl (C=O) groups is 1. The van der Waals surface area contributed by atoms with E-state index in [0.717, 1.165) is 0 Å². The van der Waals surface area contributed by atoms with E-state index in [2.05, 4.69) is 21.2 Å². The molecule has 11 heavy (non-hydrogen) atoms. The standard InChI is InChI=1S/C7H5BrNO2/c8-5-3-1-2-4-6(5)9-7(10)11/h1-4,9H. The van der Waals surface area contributed by atoms with E-state index in [4.69, 9.17) is 0 Å². The van der Waals surface area contributed by atoms with Crippen LogP contribution >= 0.6 is 15.9 Å². The lowest BCUT2D eigenvalue weighted by Crippen LogP contribution is -2.05. The van der Waals surface area contributed by atoms with Gasteiger partial charge in [-0.05, 0) is 28.1 Å². The zero-order chi connectivity index (χ0) is 8.27. The quantitative estimate of drug-likeness (QED) is 0.768. The molecule has 0 aliphatic heterocycles. The highest BCUT2D eigenvalue weighted by Gasteiger charge is 2.01. The molecule has 0 heterocycles. The molecule has 1 aromatic carbocycles. The minimum Gasteiger partial charge on any atom is -0.287 e. The lowest BCUT2D eigenvalue weighted by Gasteiger charge is -1.99. The maximum Gasteiger partial charge on any atom is 0.454 e. The van der Waals surface area contributed by atoms with Crippen LogP contribution in [0.5, 0.6) is 0 Å². The number of nitrogens with one attached hydrogen (secondary N) is 1. The smallest absolute Gasteiger partial charge is 0.287 e. The first kappa shape index (κ1) is 8.07. The zero-order valence-corrected chi connectivity index (χ0v) is 7.09. The third kappa shape index (κ3) is 2.23. The van der Waals surface area contributed by atoms with E-state index in [0.29, 0.717) is 10.2 Å². The third-order valence-electron chi connectivity index (χ3n) is 1.11. The molecule has 0 fully saturated rings. The average molecular weight is 215 g/mol. The minimum absolute atomic E-state index is 0.493. The van der Waals surface area contributed by atoms with Gasteiger partial charge in [-0.1, -0.05) is 12.1 Å². The number of amides is 1. The summed E-state index contributed by atoms with van der Waals surface area (Å²) in [7, 11) is 0. The molecular formula is C7H5BrNO2. The monoisotopic (exact) mass is 214 g/mol. The number of halogens is 1. The number of benzene rings is 1. The minimum atomic E-state index is -1.31. The summed E-state index contributed by atoms with van der Waals surface area (Å²) < 4.78 is 0.698. The maximum absolute atomic E-state index is 10.1. The van der Waals surface area contributed by atoms with Crippen LogP contribution in [0.25, 0.3) is 0 Å². The fourth-order valence-electron chi connectivity index (χ4n) is 0.673. The first-order valence-corrected chi connectivity index (χ1v) is 3.72. The van der Waals surface area contributed by atoms with E-state index < -0.39 is 6.09 Å². The highest BCUT2D eigenvalue weighted by molar-refractivity contribution is 9.10. The molecule has 0 bridgehead atoms. The highest BCUT2D eigenvalue weighted by atomic mass is 79.9. The van der Waals surface area contributed by atoms with Crippen molar-refractivity contribution in [3.63, 3.8) is 0 Å². The van der Waals surface area contributed by atoms with Gasteiger partial charge < -0.3 is 0 Å². The van der Waals surface area contributed by atoms with E-state index >= 15 is 0 Å². The van der Waals surface area contributed by atoms with Gasteiger partial charge in [-0.2, -0.15) is 0 Å².